The third kappa shape index (κ3) is 4.44. The fourth-order valence-electron chi connectivity index (χ4n) is 2.52. The van der Waals surface area contributed by atoms with Gasteiger partial charge in [-0.25, -0.2) is 23.1 Å². The van der Waals surface area contributed by atoms with Gasteiger partial charge in [0.05, 0.1) is 24.8 Å². The van der Waals surface area contributed by atoms with Crippen molar-refractivity contribution in [2.75, 3.05) is 31.2 Å². The number of aryl methyl sites for hydroxylation is 1. The Bertz CT molecular complexity index is 902. The number of nitrogens with one attached hydrogen (secondary N) is 1. The van der Waals surface area contributed by atoms with E-state index in [9.17, 15) is 8.42 Å². The molecule has 0 atom stereocenters. The smallest absolute Gasteiger partial charge is 0.242 e. The molecule has 1 fully saturated rings. The molecule has 1 saturated heterocycles. The molecule has 0 unspecified atom stereocenters. The highest BCUT2D eigenvalue weighted by Gasteiger charge is 2.20. The third-order valence-electron chi connectivity index (χ3n) is 3.95. The van der Waals surface area contributed by atoms with Gasteiger partial charge in [-0.15, -0.1) is 0 Å². The van der Waals surface area contributed by atoms with Crippen molar-refractivity contribution in [3.05, 3.63) is 45.8 Å². The molecule has 1 aliphatic rings. The lowest BCUT2D eigenvalue weighted by atomic mass is 10.2. The molecule has 1 aromatic carbocycles. The van der Waals surface area contributed by atoms with Crippen molar-refractivity contribution in [1.29, 1.82) is 0 Å². The number of hydrogen-bond donors (Lipinski definition) is 1. The van der Waals surface area contributed by atoms with Crippen molar-refractivity contribution >= 4 is 39.0 Å². The third-order valence-corrected chi connectivity index (χ3v) is 6.22. The molecule has 0 aliphatic carbocycles. The molecule has 26 heavy (non-hydrogen) atoms. The maximum atomic E-state index is 12.6. The Labute approximate surface area is 162 Å². The summed E-state index contributed by atoms with van der Waals surface area (Å²) >= 11 is 12.0. The van der Waals surface area contributed by atoms with E-state index >= 15 is 0 Å². The second kappa shape index (κ2) is 8.06. The van der Waals surface area contributed by atoms with Gasteiger partial charge in [0.15, 0.2) is 0 Å². The largest absolute Gasteiger partial charge is 0.378 e. The Morgan fingerprint density at radius 2 is 1.96 bits per heavy atom. The first-order chi connectivity index (χ1) is 12.4. The Morgan fingerprint density at radius 1 is 1.23 bits per heavy atom. The highest BCUT2D eigenvalue weighted by atomic mass is 35.5. The second-order valence-corrected chi connectivity index (χ2v) is 8.34. The second-order valence-electron chi connectivity index (χ2n) is 5.79. The van der Waals surface area contributed by atoms with Crippen LogP contribution in [0.5, 0.6) is 0 Å². The van der Waals surface area contributed by atoms with Crippen molar-refractivity contribution in [3.63, 3.8) is 0 Å². The molecule has 1 aliphatic heterocycles. The van der Waals surface area contributed by atoms with Crippen LogP contribution in [0.4, 0.5) is 5.82 Å². The van der Waals surface area contributed by atoms with E-state index in [2.05, 4.69) is 19.6 Å². The maximum Gasteiger partial charge on any atom is 0.242 e. The normalized spacial score (nSPS) is 15.3. The molecule has 2 heterocycles. The number of rotatable bonds is 5. The van der Waals surface area contributed by atoms with Crippen molar-refractivity contribution in [2.45, 2.75) is 18.4 Å². The minimum atomic E-state index is -3.82. The number of benzene rings is 1. The van der Waals surface area contributed by atoms with E-state index in [1.165, 1.54) is 12.1 Å². The number of nitrogens with zero attached hydrogens (tertiary/aromatic N) is 3. The molecular formula is C16H18Cl2N4O3S. The van der Waals surface area contributed by atoms with E-state index in [-0.39, 0.29) is 16.5 Å². The number of ether oxygens (including phenoxy) is 1. The van der Waals surface area contributed by atoms with Crippen LogP contribution >= 0.6 is 23.2 Å². The minimum absolute atomic E-state index is 0.0228. The molecule has 3 rings (SSSR count). The summed E-state index contributed by atoms with van der Waals surface area (Å²) in [6.45, 7) is 4.43. The molecular weight excluding hydrogens is 399 g/mol. The first-order valence-electron chi connectivity index (χ1n) is 7.97. The molecule has 0 saturated carbocycles. The highest BCUT2D eigenvalue weighted by Crippen LogP contribution is 2.28. The standard InChI is InChI=1S/C16H18Cl2N4O3S/c1-11-8-14(13(18)9-12(11)17)26(23,24)20-10-15-19-3-2-16(21-15)22-4-6-25-7-5-22/h2-3,8-9,20H,4-7,10H2,1H3. The molecule has 10 heteroatoms. The zero-order chi connectivity index (χ0) is 18.7. The Kier molecular flexibility index (Phi) is 5.99. The number of morpholine rings is 1. The van der Waals surface area contributed by atoms with Crippen LogP contribution in [0.1, 0.15) is 11.4 Å². The van der Waals surface area contributed by atoms with Gasteiger partial charge < -0.3 is 9.64 Å². The van der Waals surface area contributed by atoms with Crippen molar-refractivity contribution in [3.8, 4) is 0 Å². The first-order valence-corrected chi connectivity index (χ1v) is 10.2. The molecule has 0 bridgehead atoms. The van der Waals surface area contributed by atoms with Crippen LogP contribution in [0.25, 0.3) is 0 Å². The van der Waals surface area contributed by atoms with Gasteiger partial charge in [0.1, 0.15) is 16.5 Å². The predicted octanol–water partition coefficient (Wildman–Crippen LogP) is 2.41. The molecule has 1 aromatic heterocycles. The summed E-state index contributed by atoms with van der Waals surface area (Å²) in [7, 11) is -3.82. The predicted molar refractivity (Wildman–Crippen MR) is 100 cm³/mol. The van der Waals surface area contributed by atoms with Gasteiger partial charge in [-0.05, 0) is 30.7 Å². The van der Waals surface area contributed by atoms with Gasteiger partial charge in [0.25, 0.3) is 0 Å². The Morgan fingerprint density at radius 3 is 2.69 bits per heavy atom. The number of anilines is 1. The van der Waals surface area contributed by atoms with Crippen LogP contribution in [-0.2, 0) is 21.3 Å². The van der Waals surface area contributed by atoms with E-state index < -0.39 is 10.0 Å². The van der Waals surface area contributed by atoms with Crippen LogP contribution < -0.4 is 9.62 Å². The van der Waals surface area contributed by atoms with Crippen LogP contribution in [0.15, 0.2) is 29.3 Å². The summed E-state index contributed by atoms with van der Waals surface area (Å²) in [5.41, 5.74) is 0.627. The molecule has 7 nitrogen and oxygen atoms in total. The van der Waals surface area contributed by atoms with E-state index in [1.54, 1.807) is 19.2 Å². The summed E-state index contributed by atoms with van der Waals surface area (Å²) in [5.74, 6) is 1.12. The van der Waals surface area contributed by atoms with Crippen LogP contribution in [0, 0.1) is 6.92 Å². The zero-order valence-corrected chi connectivity index (χ0v) is 16.4. The summed E-state index contributed by atoms with van der Waals surface area (Å²) < 4.78 is 32.9. The summed E-state index contributed by atoms with van der Waals surface area (Å²) in [6.07, 6.45) is 1.61. The molecule has 0 amide bonds. The lowest BCUT2D eigenvalue weighted by Gasteiger charge is -2.27. The number of aromatic nitrogens is 2. The SMILES string of the molecule is Cc1cc(S(=O)(=O)NCc2nccc(N3CCOCC3)n2)c(Cl)cc1Cl. The molecule has 2 aromatic rings. The molecule has 0 radical (unpaired) electrons. The topological polar surface area (TPSA) is 84.4 Å². The van der Waals surface area contributed by atoms with Crippen LogP contribution in [0.3, 0.4) is 0 Å². The fourth-order valence-corrected chi connectivity index (χ4v) is 4.33. The number of hydrogen-bond acceptors (Lipinski definition) is 6. The average Bonchev–Trinajstić information content (AvgIpc) is 2.64. The summed E-state index contributed by atoms with van der Waals surface area (Å²) in [4.78, 5) is 10.6. The monoisotopic (exact) mass is 416 g/mol. The van der Waals surface area contributed by atoms with Crippen molar-refractivity contribution < 1.29 is 13.2 Å². The quantitative estimate of drug-likeness (QED) is 0.805. The van der Waals surface area contributed by atoms with E-state index in [0.717, 1.165) is 18.9 Å². The average molecular weight is 417 g/mol. The first kappa shape index (κ1) is 19.3. The molecule has 1 N–H and O–H groups in total. The summed E-state index contributed by atoms with van der Waals surface area (Å²) in [6, 6.07) is 4.66. The lowest BCUT2D eigenvalue weighted by molar-refractivity contribution is 0.122. The van der Waals surface area contributed by atoms with Gasteiger partial charge in [-0.2, -0.15) is 0 Å². The number of sulfonamides is 1. The van der Waals surface area contributed by atoms with E-state index in [4.69, 9.17) is 27.9 Å². The van der Waals surface area contributed by atoms with Crippen LogP contribution in [0.2, 0.25) is 10.0 Å². The highest BCUT2D eigenvalue weighted by molar-refractivity contribution is 7.89. The zero-order valence-electron chi connectivity index (χ0n) is 14.1. The Hall–Kier alpha value is -1.45. The maximum absolute atomic E-state index is 12.6. The summed E-state index contributed by atoms with van der Waals surface area (Å²) in [5, 5.41) is 0.478. The number of halogens is 2. The van der Waals surface area contributed by atoms with E-state index in [1.807, 2.05) is 0 Å². The van der Waals surface area contributed by atoms with Crippen molar-refractivity contribution in [1.82, 2.24) is 14.7 Å². The molecule has 0 spiro atoms. The van der Waals surface area contributed by atoms with Gasteiger partial charge in [-0.1, -0.05) is 23.2 Å². The van der Waals surface area contributed by atoms with Crippen molar-refractivity contribution in [2.24, 2.45) is 0 Å². The Balaban J connectivity index is 1.75. The van der Waals surface area contributed by atoms with Gasteiger partial charge in [0, 0.05) is 24.3 Å². The fraction of sp³-hybridized carbons (Fsp3) is 0.375. The van der Waals surface area contributed by atoms with Gasteiger partial charge in [-0.3, -0.25) is 0 Å². The molecule has 140 valence electrons. The lowest BCUT2D eigenvalue weighted by Crippen LogP contribution is -2.37. The van der Waals surface area contributed by atoms with Gasteiger partial charge in [0.2, 0.25) is 10.0 Å². The van der Waals surface area contributed by atoms with E-state index in [0.29, 0.717) is 29.6 Å². The van der Waals surface area contributed by atoms with Crippen LogP contribution in [-0.4, -0.2) is 44.7 Å². The van der Waals surface area contributed by atoms with Gasteiger partial charge >= 0.3 is 0 Å². The minimum Gasteiger partial charge on any atom is -0.378 e.